The lowest BCUT2D eigenvalue weighted by Gasteiger charge is -2.21. The van der Waals surface area contributed by atoms with Gasteiger partial charge in [0.2, 0.25) is 0 Å². The third-order valence-corrected chi connectivity index (χ3v) is 5.05. The van der Waals surface area contributed by atoms with Crippen LogP contribution in [0.25, 0.3) is 11.0 Å². The van der Waals surface area contributed by atoms with E-state index in [1.165, 1.54) is 0 Å². The van der Waals surface area contributed by atoms with Crippen molar-refractivity contribution in [3.05, 3.63) is 62.6 Å². The van der Waals surface area contributed by atoms with Crippen LogP contribution in [0.15, 0.2) is 51.0 Å². The highest BCUT2D eigenvalue weighted by molar-refractivity contribution is 7.09. The number of methoxy groups -OCH3 is 1. The van der Waals surface area contributed by atoms with Crippen molar-refractivity contribution in [1.29, 1.82) is 0 Å². The zero-order chi connectivity index (χ0) is 19.9. The first-order chi connectivity index (χ1) is 13.6. The second-order valence-electron chi connectivity index (χ2n) is 6.29. The molecule has 0 radical (unpaired) electrons. The summed E-state index contributed by atoms with van der Waals surface area (Å²) in [6, 6.07) is 10.7. The molecule has 0 bridgehead atoms. The first-order valence-corrected chi connectivity index (χ1v) is 10.0. The monoisotopic (exact) mass is 401 g/mol. The van der Waals surface area contributed by atoms with Gasteiger partial charge in [-0.25, -0.2) is 4.79 Å². The van der Waals surface area contributed by atoms with Crippen molar-refractivity contribution >= 4 is 28.2 Å². The summed E-state index contributed by atoms with van der Waals surface area (Å²) in [7, 11) is 1.58. The lowest BCUT2D eigenvalue weighted by molar-refractivity contribution is 0.0678. The van der Waals surface area contributed by atoms with E-state index in [2.05, 4.69) is 0 Å². The van der Waals surface area contributed by atoms with Crippen LogP contribution in [0.4, 0.5) is 0 Å². The number of hydrogen-bond donors (Lipinski definition) is 0. The molecule has 3 rings (SSSR count). The Labute approximate surface area is 167 Å². The molecule has 0 spiro atoms. The van der Waals surface area contributed by atoms with E-state index in [9.17, 15) is 9.59 Å². The van der Waals surface area contributed by atoms with Gasteiger partial charge in [0.25, 0.3) is 5.91 Å². The van der Waals surface area contributed by atoms with Gasteiger partial charge in [-0.2, -0.15) is 0 Å². The predicted octanol–water partition coefficient (Wildman–Crippen LogP) is 3.93. The Balaban J connectivity index is 1.89. The van der Waals surface area contributed by atoms with Crippen LogP contribution in [-0.2, 0) is 11.3 Å². The maximum absolute atomic E-state index is 13.0. The molecule has 2 heterocycles. The minimum atomic E-state index is -0.654. The Morgan fingerprint density at radius 3 is 2.79 bits per heavy atom. The summed E-state index contributed by atoms with van der Waals surface area (Å²) in [6.45, 7) is 3.79. The van der Waals surface area contributed by atoms with Crippen LogP contribution in [0.1, 0.15) is 28.6 Å². The molecular weight excluding hydrogens is 378 g/mol. The molecule has 0 saturated carbocycles. The average molecular weight is 401 g/mol. The van der Waals surface area contributed by atoms with Crippen molar-refractivity contribution in [3.8, 4) is 5.75 Å². The van der Waals surface area contributed by atoms with Gasteiger partial charge in [0.1, 0.15) is 16.9 Å². The minimum absolute atomic E-state index is 0.0161. The SMILES string of the molecule is CCCOc1ccc2cc(C(=O)N(CCOC)Cc3cccs3)c(=O)oc2c1. The summed E-state index contributed by atoms with van der Waals surface area (Å²) in [4.78, 5) is 28.2. The molecule has 0 aliphatic heterocycles. The summed E-state index contributed by atoms with van der Waals surface area (Å²) in [5.41, 5.74) is -0.238. The fraction of sp³-hybridized carbons (Fsp3) is 0.333. The van der Waals surface area contributed by atoms with Crippen LogP contribution in [0, 0.1) is 0 Å². The number of carbonyl (C=O) groups is 1. The molecule has 0 unspecified atom stereocenters. The first kappa shape index (κ1) is 20.1. The molecule has 0 N–H and O–H groups in total. The van der Waals surface area contributed by atoms with Gasteiger partial charge in [-0.05, 0) is 36.1 Å². The molecule has 0 aliphatic carbocycles. The van der Waals surface area contributed by atoms with Crippen molar-refractivity contribution in [2.75, 3.05) is 26.9 Å². The summed E-state index contributed by atoms with van der Waals surface area (Å²) >= 11 is 1.56. The van der Waals surface area contributed by atoms with Crippen molar-refractivity contribution < 1.29 is 18.7 Å². The van der Waals surface area contributed by atoms with E-state index in [0.29, 0.717) is 43.0 Å². The zero-order valence-electron chi connectivity index (χ0n) is 16.0. The van der Waals surface area contributed by atoms with Crippen molar-refractivity contribution in [3.63, 3.8) is 0 Å². The molecule has 0 aliphatic rings. The average Bonchev–Trinajstić information content (AvgIpc) is 3.21. The van der Waals surface area contributed by atoms with Crippen LogP contribution in [0.2, 0.25) is 0 Å². The van der Waals surface area contributed by atoms with Gasteiger partial charge >= 0.3 is 5.63 Å². The van der Waals surface area contributed by atoms with Crippen molar-refractivity contribution in [2.24, 2.45) is 0 Å². The van der Waals surface area contributed by atoms with E-state index in [1.54, 1.807) is 47.6 Å². The molecule has 1 amide bonds. The van der Waals surface area contributed by atoms with Gasteiger partial charge in [-0.15, -0.1) is 11.3 Å². The van der Waals surface area contributed by atoms with Crippen LogP contribution in [0.3, 0.4) is 0 Å². The number of hydrogen-bond acceptors (Lipinski definition) is 6. The molecule has 3 aromatic rings. The van der Waals surface area contributed by atoms with E-state index in [0.717, 1.165) is 11.3 Å². The number of benzene rings is 1. The Bertz CT molecular complexity index is 980. The van der Waals surface area contributed by atoms with E-state index >= 15 is 0 Å². The highest BCUT2D eigenvalue weighted by atomic mass is 32.1. The fourth-order valence-electron chi connectivity index (χ4n) is 2.77. The maximum Gasteiger partial charge on any atom is 0.349 e. The van der Waals surface area contributed by atoms with Gasteiger partial charge in [-0.3, -0.25) is 4.79 Å². The van der Waals surface area contributed by atoms with Gasteiger partial charge in [-0.1, -0.05) is 13.0 Å². The molecule has 0 saturated heterocycles. The highest BCUT2D eigenvalue weighted by Gasteiger charge is 2.21. The summed E-state index contributed by atoms with van der Waals surface area (Å²) in [5, 5.41) is 2.63. The van der Waals surface area contributed by atoms with Gasteiger partial charge in [0.15, 0.2) is 0 Å². The molecule has 6 nitrogen and oxygen atoms in total. The molecular formula is C21H23NO5S. The Morgan fingerprint density at radius 1 is 1.21 bits per heavy atom. The lowest BCUT2D eigenvalue weighted by atomic mass is 10.1. The minimum Gasteiger partial charge on any atom is -0.493 e. The third kappa shape index (κ3) is 4.79. The largest absolute Gasteiger partial charge is 0.493 e. The van der Waals surface area contributed by atoms with Crippen molar-refractivity contribution in [1.82, 2.24) is 4.90 Å². The standard InChI is InChI=1S/C21H23NO5S/c1-3-9-26-16-7-6-15-12-18(21(24)27-19(15)13-16)20(23)22(8-10-25-2)14-17-5-4-11-28-17/h4-7,11-13H,3,8-10,14H2,1-2H3. The number of thiophene rings is 1. The predicted molar refractivity (Wildman–Crippen MR) is 109 cm³/mol. The fourth-order valence-corrected chi connectivity index (χ4v) is 3.48. The molecule has 28 heavy (non-hydrogen) atoms. The molecule has 1 aromatic carbocycles. The van der Waals surface area contributed by atoms with Crippen molar-refractivity contribution in [2.45, 2.75) is 19.9 Å². The van der Waals surface area contributed by atoms with Gasteiger partial charge in [0, 0.05) is 30.0 Å². The van der Waals surface area contributed by atoms with Crippen LogP contribution >= 0.6 is 11.3 Å². The van der Waals surface area contributed by atoms with Gasteiger partial charge < -0.3 is 18.8 Å². The third-order valence-electron chi connectivity index (χ3n) is 4.19. The van der Waals surface area contributed by atoms with Crippen LogP contribution in [0.5, 0.6) is 5.75 Å². The maximum atomic E-state index is 13.0. The Kier molecular flexibility index (Phi) is 6.84. The van der Waals surface area contributed by atoms with Gasteiger partial charge in [0.05, 0.1) is 19.8 Å². The van der Waals surface area contributed by atoms with Crippen LogP contribution in [-0.4, -0.2) is 37.7 Å². The first-order valence-electron chi connectivity index (χ1n) is 9.13. The molecule has 0 fully saturated rings. The second kappa shape index (κ2) is 9.52. The Morgan fingerprint density at radius 2 is 2.07 bits per heavy atom. The number of nitrogens with zero attached hydrogens (tertiary/aromatic N) is 1. The second-order valence-corrected chi connectivity index (χ2v) is 7.33. The molecule has 7 heteroatoms. The molecule has 148 valence electrons. The summed E-state index contributed by atoms with van der Waals surface area (Å²) in [6.07, 6.45) is 0.886. The summed E-state index contributed by atoms with van der Waals surface area (Å²) < 4.78 is 16.1. The lowest BCUT2D eigenvalue weighted by Crippen LogP contribution is -2.35. The quantitative estimate of drug-likeness (QED) is 0.508. The smallest absolute Gasteiger partial charge is 0.349 e. The normalized spacial score (nSPS) is 10.9. The Hall–Kier alpha value is -2.64. The molecule has 0 atom stereocenters. The number of rotatable bonds is 9. The van der Waals surface area contributed by atoms with E-state index in [-0.39, 0.29) is 11.5 Å². The highest BCUT2D eigenvalue weighted by Crippen LogP contribution is 2.22. The van der Waals surface area contributed by atoms with E-state index in [4.69, 9.17) is 13.9 Å². The topological polar surface area (TPSA) is 69.0 Å². The number of carbonyl (C=O) groups excluding carboxylic acids is 1. The van der Waals surface area contributed by atoms with E-state index in [1.807, 2.05) is 24.4 Å². The van der Waals surface area contributed by atoms with E-state index < -0.39 is 5.63 Å². The number of amides is 1. The molecule has 2 aromatic heterocycles. The van der Waals surface area contributed by atoms with Crippen LogP contribution < -0.4 is 10.4 Å². The number of fused-ring (bicyclic) bond motifs is 1. The number of ether oxygens (including phenoxy) is 2. The summed E-state index contributed by atoms with van der Waals surface area (Å²) in [5.74, 6) is 0.267. The zero-order valence-corrected chi connectivity index (χ0v) is 16.8.